The molecule has 11 heteroatoms. The molecule has 1 atom stereocenters. The van der Waals surface area contributed by atoms with Gasteiger partial charge in [-0.1, -0.05) is 26.0 Å². The molecule has 4 heterocycles. The molecule has 2 aromatic rings. The topological polar surface area (TPSA) is 136 Å². The molecule has 10 nitrogen and oxygen atoms in total. The third-order valence-corrected chi connectivity index (χ3v) is 8.86. The summed E-state index contributed by atoms with van der Waals surface area (Å²) in [6.07, 6.45) is 11.1. The number of nitrogens with zero attached hydrogens (tertiary/aromatic N) is 5. The van der Waals surface area contributed by atoms with E-state index in [1.54, 1.807) is 19.4 Å². The summed E-state index contributed by atoms with van der Waals surface area (Å²) in [4.78, 5) is 37.3. The van der Waals surface area contributed by atoms with Crippen molar-refractivity contribution in [2.75, 3.05) is 13.4 Å². The van der Waals surface area contributed by atoms with Gasteiger partial charge in [-0.25, -0.2) is 23.4 Å². The van der Waals surface area contributed by atoms with Gasteiger partial charge in [0.15, 0.2) is 21.5 Å². The Morgan fingerprint density at radius 3 is 2.58 bits per heavy atom. The van der Waals surface area contributed by atoms with Crippen LogP contribution in [-0.4, -0.2) is 54.6 Å². The lowest BCUT2D eigenvalue weighted by Gasteiger charge is -2.20. The van der Waals surface area contributed by atoms with E-state index in [1.807, 2.05) is 19.1 Å². The Morgan fingerprint density at radius 2 is 1.95 bits per heavy atom. The highest BCUT2D eigenvalue weighted by Crippen LogP contribution is 2.44. The minimum Gasteiger partial charge on any atom is -0.496 e. The van der Waals surface area contributed by atoms with Gasteiger partial charge in [-0.15, -0.1) is 0 Å². The summed E-state index contributed by atoms with van der Waals surface area (Å²) in [5.41, 5.74) is 5.60. The predicted octanol–water partition coefficient (Wildman–Crippen LogP) is 5.10. The summed E-state index contributed by atoms with van der Waals surface area (Å²) >= 11 is 0. The number of nitrogens with one attached hydrogen (secondary N) is 1. The molecule has 0 amide bonds. The number of aliphatic imine (C=N–C) groups is 2. The largest absolute Gasteiger partial charge is 0.496 e. The Balaban J connectivity index is 1.59. The van der Waals surface area contributed by atoms with Gasteiger partial charge in [0, 0.05) is 31.0 Å². The average Bonchev–Trinajstić information content (AvgIpc) is 3.81. The summed E-state index contributed by atoms with van der Waals surface area (Å²) in [5.74, 6) is 1.56. The first-order valence-corrected chi connectivity index (χ1v) is 16.2. The molecule has 1 aliphatic carbocycles. The van der Waals surface area contributed by atoms with E-state index in [2.05, 4.69) is 30.7 Å². The van der Waals surface area contributed by atoms with E-state index in [1.165, 1.54) is 12.3 Å². The van der Waals surface area contributed by atoms with Crippen LogP contribution in [0.5, 0.6) is 0 Å². The highest BCUT2D eigenvalue weighted by molar-refractivity contribution is 7.90. The highest BCUT2D eigenvalue weighted by atomic mass is 32.2. The zero-order valence-electron chi connectivity index (χ0n) is 25.1. The van der Waals surface area contributed by atoms with Gasteiger partial charge in [0.1, 0.15) is 11.4 Å². The summed E-state index contributed by atoms with van der Waals surface area (Å²) in [6.45, 7) is 10.3. The summed E-state index contributed by atoms with van der Waals surface area (Å²) < 4.78 is 29.4. The van der Waals surface area contributed by atoms with E-state index in [0.717, 1.165) is 47.9 Å². The second kappa shape index (κ2) is 12.2. The number of aryl methyl sites for hydroxylation is 1. The van der Waals surface area contributed by atoms with Crippen LogP contribution in [0, 0.1) is 18.8 Å². The number of pyridine rings is 1. The number of aromatic nitrogens is 3. The molecule has 1 saturated carbocycles. The van der Waals surface area contributed by atoms with E-state index in [9.17, 15) is 13.2 Å². The van der Waals surface area contributed by atoms with Crippen LogP contribution in [0.15, 0.2) is 68.5 Å². The van der Waals surface area contributed by atoms with Gasteiger partial charge < -0.3 is 10.1 Å². The molecule has 1 N–H and O–H groups in total. The van der Waals surface area contributed by atoms with Gasteiger partial charge in [-0.2, -0.15) is 0 Å². The Kier molecular flexibility index (Phi) is 8.55. The van der Waals surface area contributed by atoms with Crippen molar-refractivity contribution >= 4 is 45.0 Å². The quantitative estimate of drug-likeness (QED) is 0.442. The number of rotatable bonds is 8. The molecule has 0 saturated heterocycles. The summed E-state index contributed by atoms with van der Waals surface area (Å²) in [5, 5.41) is 3.14. The Morgan fingerprint density at radius 1 is 1.19 bits per heavy atom. The Bertz CT molecular complexity index is 1750. The zero-order valence-corrected chi connectivity index (χ0v) is 26.0. The van der Waals surface area contributed by atoms with Crippen molar-refractivity contribution in [2.45, 2.75) is 57.9 Å². The first kappa shape index (κ1) is 30.2. The molecule has 3 aliphatic rings. The van der Waals surface area contributed by atoms with Crippen molar-refractivity contribution in [3.63, 3.8) is 0 Å². The van der Waals surface area contributed by atoms with Gasteiger partial charge in [0.25, 0.3) is 0 Å². The number of ketones is 1. The first-order valence-electron chi connectivity index (χ1n) is 14.3. The van der Waals surface area contributed by atoms with Crippen LogP contribution in [0.2, 0.25) is 0 Å². The smallest absolute Gasteiger partial charge is 0.201 e. The maximum Gasteiger partial charge on any atom is 0.201 e. The standard InChI is InChI=1S/C32H36N6O4S/c1-7-19(3)22-13-25-29(38-31(26(39)14-22)35-16-23-10-11-24(17-33-23)43(6,40)41)20(4)36-32(37-25)28-27(42-5)12-18(2)15-34-30(28)21-8-9-21/h10-13,15,17,19,21H,2,7-9,14,16H2,1,3-6H3,(H,35,38)/b22-13-/t19-/m0/s1. The van der Waals surface area contributed by atoms with Gasteiger partial charge in [-0.3, -0.25) is 14.8 Å². The van der Waals surface area contributed by atoms with Crippen molar-refractivity contribution in [2.24, 2.45) is 21.8 Å². The second-order valence-corrected chi connectivity index (χ2v) is 13.2. The van der Waals surface area contributed by atoms with Gasteiger partial charge >= 0.3 is 0 Å². The minimum absolute atomic E-state index is 0.131. The molecule has 43 heavy (non-hydrogen) atoms. The van der Waals surface area contributed by atoms with Gasteiger partial charge in [0.2, 0.25) is 5.78 Å². The number of Topliss-reactive ketones (excluding diaryl/α,β-unsaturated/α-hetero) is 1. The molecular weight excluding hydrogens is 564 g/mol. The third kappa shape index (κ3) is 6.72. The predicted molar refractivity (Wildman–Crippen MR) is 167 cm³/mol. The lowest BCUT2D eigenvalue weighted by Crippen LogP contribution is -2.32. The van der Waals surface area contributed by atoms with Crippen LogP contribution in [0.4, 0.5) is 5.69 Å². The van der Waals surface area contributed by atoms with Crippen molar-refractivity contribution in [3.8, 4) is 0 Å². The lowest BCUT2D eigenvalue weighted by molar-refractivity contribution is -0.112. The number of amidine groups is 1. The molecule has 0 aromatic carbocycles. The minimum atomic E-state index is -3.36. The fourth-order valence-corrected chi connectivity index (χ4v) is 5.47. The van der Waals surface area contributed by atoms with Gasteiger partial charge in [-0.05, 0) is 62.0 Å². The Labute approximate surface area is 252 Å². The number of allylic oxidation sites excluding steroid dienone is 5. The molecule has 0 bridgehead atoms. The van der Waals surface area contributed by atoms with Crippen LogP contribution in [0.25, 0.3) is 11.6 Å². The Hall–Kier alpha value is -4.25. The van der Waals surface area contributed by atoms with Crippen LogP contribution in [0.3, 0.4) is 0 Å². The normalized spacial score (nSPS) is 20.5. The molecule has 224 valence electrons. The van der Waals surface area contributed by atoms with Crippen LogP contribution < -0.4 is 5.32 Å². The van der Waals surface area contributed by atoms with Crippen molar-refractivity contribution < 1.29 is 17.9 Å². The number of carbonyl (C=O) groups is 1. The lowest BCUT2D eigenvalue weighted by atomic mass is 9.91. The van der Waals surface area contributed by atoms with E-state index >= 15 is 0 Å². The highest BCUT2D eigenvalue weighted by Gasteiger charge is 2.33. The fourth-order valence-electron chi connectivity index (χ4n) is 4.91. The number of fused-ring (bicyclic) bond motifs is 1. The average molecular weight is 601 g/mol. The molecule has 5 rings (SSSR count). The maximum absolute atomic E-state index is 13.5. The van der Waals surface area contributed by atoms with Crippen molar-refractivity contribution in [1.29, 1.82) is 0 Å². The summed E-state index contributed by atoms with van der Waals surface area (Å²) in [6, 6.07) is 3.12. The monoisotopic (exact) mass is 600 g/mol. The van der Waals surface area contributed by atoms with Crippen LogP contribution in [-0.2, 0) is 25.9 Å². The molecule has 0 spiro atoms. The van der Waals surface area contributed by atoms with E-state index in [4.69, 9.17) is 24.7 Å². The van der Waals surface area contributed by atoms with E-state index in [-0.39, 0.29) is 35.4 Å². The van der Waals surface area contributed by atoms with Gasteiger partial charge in [0.05, 0.1) is 46.9 Å². The molecular formula is C32H36N6O4S. The number of hydrogen-bond donors (Lipinski definition) is 1. The molecule has 2 aromatic heterocycles. The zero-order chi connectivity index (χ0) is 30.9. The second-order valence-electron chi connectivity index (χ2n) is 11.1. The number of sulfone groups is 1. The van der Waals surface area contributed by atoms with Crippen LogP contribution >= 0.6 is 0 Å². The molecule has 1 fully saturated rings. The SMILES string of the molecule is C=C1C=NC(C2CC2)=C(c2nc(C)c3c(n2)/C=C(\[C@@H](C)CC)CC(=O)/C(NCc2ccc(S(C)(=O)=O)cn2)=N\3)C(OC)=C1. The molecule has 2 aliphatic heterocycles. The summed E-state index contributed by atoms with van der Waals surface area (Å²) in [7, 11) is -1.74. The fraction of sp³-hybridized carbons (Fsp3) is 0.375. The number of ether oxygens (including phenoxy) is 1. The molecule has 0 unspecified atom stereocenters. The maximum atomic E-state index is 13.5. The number of carbonyl (C=O) groups excluding carboxylic acids is 1. The van der Waals surface area contributed by atoms with E-state index < -0.39 is 9.84 Å². The molecule has 0 radical (unpaired) electrons. The number of hydrogen-bond acceptors (Lipinski definition) is 10. The number of methoxy groups -OCH3 is 1. The van der Waals surface area contributed by atoms with Crippen molar-refractivity contribution in [3.05, 3.63) is 76.5 Å². The van der Waals surface area contributed by atoms with Crippen LogP contribution in [0.1, 0.15) is 62.4 Å². The van der Waals surface area contributed by atoms with Crippen molar-refractivity contribution in [1.82, 2.24) is 20.3 Å². The third-order valence-electron chi connectivity index (χ3n) is 7.76. The first-order chi connectivity index (χ1) is 20.5. The van der Waals surface area contributed by atoms with E-state index in [0.29, 0.717) is 40.3 Å².